The third-order valence-electron chi connectivity index (χ3n) is 4.26. The number of hydrogen-bond acceptors (Lipinski definition) is 3. The summed E-state index contributed by atoms with van der Waals surface area (Å²) >= 11 is 0. The molecule has 1 N–H and O–H groups in total. The molecule has 1 aliphatic rings. The number of nitrogens with one attached hydrogen (secondary N) is 1. The largest absolute Gasteiger partial charge is 0.381 e. The molecule has 21 heavy (non-hydrogen) atoms. The summed E-state index contributed by atoms with van der Waals surface area (Å²) in [6, 6.07) is 9.69. The van der Waals surface area contributed by atoms with Crippen molar-refractivity contribution in [3.05, 3.63) is 35.4 Å². The van der Waals surface area contributed by atoms with E-state index in [1.165, 1.54) is 11.1 Å². The van der Waals surface area contributed by atoms with Gasteiger partial charge in [-0.3, -0.25) is 4.90 Å². The van der Waals surface area contributed by atoms with Crippen LogP contribution in [-0.2, 0) is 17.7 Å². The van der Waals surface area contributed by atoms with Gasteiger partial charge in [0.15, 0.2) is 0 Å². The van der Waals surface area contributed by atoms with Crippen molar-refractivity contribution >= 4 is 0 Å². The highest BCUT2D eigenvalue weighted by Gasteiger charge is 2.18. The number of benzene rings is 1. The van der Waals surface area contributed by atoms with Gasteiger partial charge in [-0.1, -0.05) is 38.1 Å². The molecular formula is C18H30N2O. The van der Waals surface area contributed by atoms with Crippen LogP contribution in [0.5, 0.6) is 0 Å². The van der Waals surface area contributed by atoms with Gasteiger partial charge in [0, 0.05) is 32.8 Å². The zero-order chi connectivity index (χ0) is 15.1. The van der Waals surface area contributed by atoms with Gasteiger partial charge in [-0.15, -0.1) is 0 Å². The Morgan fingerprint density at radius 2 is 1.76 bits per heavy atom. The van der Waals surface area contributed by atoms with Crippen molar-refractivity contribution in [2.75, 3.05) is 26.7 Å². The molecule has 2 rings (SSSR count). The molecule has 0 bridgehead atoms. The van der Waals surface area contributed by atoms with E-state index in [-0.39, 0.29) is 0 Å². The first-order valence-corrected chi connectivity index (χ1v) is 8.23. The first kappa shape index (κ1) is 16.5. The molecule has 118 valence electrons. The third-order valence-corrected chi connectivity index (χ3v) is 4.26. The van der Waals surface area contributed by atoms with Gasteiger partial charge in [0.2, 0.25) is 0 Å². The summed E-state index contributed by atoms with van der Waals surface area (Å²) in [6.07, 6.45) is 3.90. The van der Waals surface area contributed by atoms with E-state index in [0.717, 1.165) is 45.4 Å². The van der Waals surface area contributed by atoms with Gasteiger partial charge in [0.1, 0.15) is 0 Å². The fourth-order valence-electron chi connectivity index (χ4n) is 2.88. The second kappa shape index (κ2) is 8.52. The van der Waals surface area contributed by atoms with Crippen molar-refractivity contribution < 1.29 is 4.74 Å². The summed E-state index contributed by atoms with van der Waals surface area (Å²) in [7, 11) is 1.83. The maximum absolute atomic E-state index is 5.43. The average Bonchev–Trinajstić information content (AvgIpc) is 2.49. The summed E-state index contributed by atoms with van der Waals surface area (Å²) in [5.41, 5.74) is 2.84. The SMILES string of the molecule is COC1CCN(Cc2ccc(CCNC(C)C)cc2)CC1. The van der Waals surface area contributed by atoms with E-state index in [1.807, 2.05) is 7.11 Å². The molecule has 0 spiro atoms. The van der Waals surface area contributed by atoms with Gasteiger partial charge in [-0.2, -0.15) is 0 Å². The second-order valence-corrected chi connectivity index (χ2v) is 6.39. The van der Waals surface area contributed by atoms with Gasteiger partial charge >= 0.3 is 0 Å². The molecule has 0 unspecified atom stereocenters. The molecule has 3 heteroatoms. The van der Waals surface area contributed by atoms with Crippen LogP contribution in [0.4, 0.5) is 0 Å². The van der Waals surface area contributed by atoms with Gasteiger partial charge in [0.25, 0.3) is 0 Å². The van der Waals surface area contributed by atoms with E-state index >= 15 is 0 Å². The van der Waals surface area contributed by atoms with Gasteiger partial charge < -0.3 is 10.1 Å². The molecule has 1 heterocycles. The number of nitrogens with zero attached hydrogens (tertiary/aromatic N) is 1. The van der Waals surface area contributed by atoms with E-state index in [1.54, 1.807) is 0 Å². The Kier molecular flexibility index (Phi) is 6.68. The van der Waals surface area contributed by atoms with Gasteiger partial charge in [0.05, 0.1) is 6.10 Å². The molecule has 0 atom stereocenters. The molecule has 1 aliphatic heterocycles. The standard InChI is InChI=1S/C18H30N2O/c1-15(2)19-11-8-16-4-6-17(7-5-16)14-20-12-9-18(21-3)10-13-20/h4-7,15,18-19H,8-14H2,1-3H3. The summed E-state index contributed by atoms with van der Waals surface area (Å²) in [6.45, 7) is 8.81. The third kappa shape index (κ3) is 5.77. The molecule has 0 amide bonds. The molecular weight excluding hydrogens is 260 g/mol. The summed E-state index contributed by atoms with van der Waals surface area (Å²) in [5.74, 6) is 0. The van der Waals surface area contributed by atoms with Crippen LogP contribution in [0.15, 0.2) is 24.3 Å². The van der Waals surface area contributed by atoms with Crippen molar-refractivity contribution in [2.45, 2.75) is 51.8 Å². The van der Waals surface area contributed by atoms with Crippen LogP contribution in [-0.4, -0.2) is 43.8 Å². The van der Waals surface area contributed by atoms with Crippen LogP contribution in [0.1, 0.15) is 37.8 Å². The number of methoxy groups -OCH3 is 1. The van der Waals surface area contributed by atoms with E-state index in [4.69, 9.17) is 4.74 Å². The Labute approximate surface area is 129 Å². The summed E-state index contributed by atoms with van der Waals surface area (Å²) < 4.78 is 5.43. The first-order valence-electron chi connectivity index (χ1n) is 8.23. The lowest BCUT2D eigenvalue weighted by Crippen LogP contribution is -2.36. The number of piperidine rings is 1. The quantitative estimate of drug-likeness (QED) is 0.836. The molecule has 1 aromatic rings. The second-order valence-electron chi connectivity index (χ2n) is 6.39. The zero-order valence-electron chi connectivity index (χ0n) is 13.8. The fourth-order valence-corrected chi connectivity index (χ4v) is 2.88. The molecule has 1 aromatic carbocycles. The molecule has 0 radical (unpaired) electrons. The average molecular weight is 290 g/mol. The minimum atomic E-state index is 0.470. The number of rotatable bonds is 7. The van der Waals surface area contributed by atoms with Crippen molar-refractivity contribution in [3.63, 3.8) is 0 Å². The molecule has 0 aromatic heterocycles. The predicted molar refractivity (Wildman–Crippen MR) is 88.6 cm³/mol. The molecule has 3 nitrogen and oxygen atoms in total. The van der Waals surface area contributed by atoms with E-state index in [2.05, 4.69) is 48.3 Å². The maximum Gasteiger partial charge on any atom is 0.0595 e. The molecule has 0 aliphatic carbocycles. The lowest BCUT2D eigenvalue weighted by Gasteiger charge is -2.31. The zero-order valence-corrected chi connectivity index (χ0v) is 13.8. The molecule has 0 saturated carbocycles. The minimum Gasteiger partial charge on any atom is -0.381 e. The smallest absolute Gasteiger partial charge is 0.0595 e. The highest BCUT2D eigenvalue weighted by molar-refractivity contribution is 5.22. The van der Waals surface area contributed by atoms with Crippen LogP contribution < -0.4 is 5.32 Å². The Morgan fingerprint density at radius 1 is 1.14 bits per heavy atom. The minimum absolute atomic E-state index is 0.470. The van der Waals surface area contributed by atoms with Crippen LogP contribution in [0, 0.1) is 0 Å². The Bertz CT molecular complexity index is 394. The number of likely N-dealkylation sites (tertiary alicyclic amines) is 1. The van der Waals surface area contributed by atoms with Gasteiger partial charge in [-0.25, -0.2) is 0 Å². The summed E-state index contributed by atoms with van der Waals surface area (Å²) in [4.78, 5) is 2.53. The first-order chi connectivity index (χ1) is 10.2. The van der Waals surface area contributed by atoms with Crippen molar-refractivity contribution in [1.82, 2.24) is 10.2 Å². The van der Waals surface area contributed by atoms with Crippen LogP contribution in [0.25, 0.3) is 0 Å². The van der Waals surface area contributed by atoms with E-state index in [9.17, 15) is 0 Å². The fraction of sp³-hybridized carbons (Fsp3) is 0.667. The normalized spacial score (nSPS) is 17.5. The van der Waals surface area contributed by atoms with E-state index in [0.29, 0.717) is 12.1 Å². The van der Waals surface area contributed by atoms with Crippen molar-refractivity contribution in [2.24, 2.45) is 0 Å². The van der Waals surface area contributed by atoms with Crippen LogP contribution in [0.3, 0.4) is 0 Å². The van der Waals surface area contributed by atoms with Crippen molar-refractivity contribution in [1.29, 1.82) is 0 Å². The lowest BCUT2D eigenvalue weighted by atomic mass is 10.1. The topological polar surface area (TPSA) is 24.5 Å². The maximum atomic E-state index is 5.43. The van der Waals surface area contributed by atoms with Crippen LogP contribution >= 0.6 is 0 Å². The Hall–Kier alpha value is -0.900. The Morgan fingerprint density at radius 3 is 2.33 bits per heavy atom. The van der Waals surface area contributed by atoms with E-state index < -0.39 is 0 Å². The lowest BCUT2D eigenvalue weighted by molar-refractivity contribution is 0.0388. The number of hydrogen-bond donors (Lipinski definition) is 1. The number of ether oxygens (including phenoxy) is 1. The van der Waals surface area contributed by atoms with Crippen molar-refractivity contribution in [3.8, 4) is 0 Å². The van der Waals surface area contributed by atoms with Crippen LogP contribution in [0.2, 0.25) is 0 Å². The highest BCUT2D eigenvalue weighted by atomic mass is 16.5. The Balaban J connectivity index is 1.74. The predicted octanol–water partition coefficient (Wildman–Crippen LogP) is 2.84. The highest BCUT2D eigenvalue weighted by Crippen LogP contribution is 2.16. The summed E-state index contributed by atoms with van der Waals surface area (Å²) in [5, 5.41) is 3.46. The monoisotopic (exact) mass is 290 g/mol. The molecule has 1 fully saturated rings. The van der Waals surface area contributed by atoms with Gasteiger partial charge in [-0.05, 0) is 36.9 Å². The molecule has 1 saturated heterocycles.